The minimum absolute atomic E-state index is 0.0725. The van der Waals surface area contributed by atoms with E-state index in [4.69, 9.17) is 0 Å². The number of benzene rings is 7. The summed E-state index contributed by atoms with van der Waals surface area (Å²) >= 11 is 0. The maximum Gasteiger partial charge on any atom is 0.247 e. The molecule has 3 heteroatoms. The molecule has 0 saturated heterocycles. The number of hydrogen-bond donors (Lipinski definition) is 0. The molecule has 0 saturated carbocycles. The highest BCUT2D eigenvalue weighted by Gasteiger charge is 2.36. The van der Waals surface area contributed by atoms with Crippen molar-refractivity contribution in [2.24, 2.45) is 0 Å². The fourth-order valence-electron chi connectivity index (χ4n) is 8.56. The molecule has 0 atom stereocenters. The summed E-state index contributed by atoms with van der Waals surface area (Å²) in [6.45, 7) is 0.0725. The van der Waals surface area contributed by atoms with Crippen molar-refractivity contribution < 1.29 is 0 Å². The fourth-order valence-corrected chi connectivity index (χ4v) is 8.56. The topological polar surface area (TPSA) is 9.34 Å². The van der Waals surface area contributed by atoms with Gasteiger partial charge in [0.1, 0.15) is 0 Å². The van der Waals surface area contributed by atoms with Gasteiger partial charge in [0, 0.05) is 43.5 Å². The van der Waals surface area contributed by atoms with Crippen LogP contribution >= 0.6 is 0 Å². The number of fused-ring (bicyclic) bond motifs is 11. The molecule has 0 spiro atoms. The van der Waals surface area contributed by atoms with Crippen molar-refractivity contribution in [3.8, 4) is 16.8 Å². The lowest BCUT2D eigenvalue weighted by Crippen LogP contribution is -2.56. The number of rotatable bonds is 2. The fraction of sp³-hybridized carbons (Fsp3) is 0. The maximum absolute atomic E-state index is 2.54. The van der Waals surface area contributed by atoms with Crippen LogP contribution in [0, 0.1) is 0 Å². The van der Waals surface area contributed by atoms with Crippen LogP contribution in [0.25, 0.3) is 76.7 Å². The third-order valence-electron chi connectivity index (χ3n) is 10.3. The Bertz CT molecular complexity index is 2820. The largest absolute Gasteiger partial charge is 0.310 e. The molecule has 1 aliphatic heterocycles. The highest BCUT2D eigenvalue weighted by molar-refractivity contribution is 6.98. The first-order chi connectivity index (χ1) is 22.4. The smallest absolute Gasteiger partial charge is 0.247 e. The van der Waals surface area contributed by atoms with Crippen LogP contribution in [0.5, 0.6) is 0 Å². The van der Waals surface area contributed by atoms with E-state index in [9.17, 15) is 0 Å². The molecule has 11 rings (SSSR count). The van der Waals surface area contributed by atoms with E-state index < -0.39 is 0 Å². The highest BCUT2D eigenvalue weighted by atomic mass is 15.0. The Balaban J connectivity index is 1.35. The van der Waals surface area contributed by atoms with E-state index in [2.05, 4.69) is 161 Å². The quantitative estimate of drug-likeness (QED) is 0.185. The first-order valence-corrected chi connectivity index (χ1v) is 15.7. The second-order valence-corrected chi connectivity index (χ2v) is 12.5. The molecule has 0 fully saturated rings. The van der Waals surface area contributed by atoms with E-state index in [1.165, 1.54) is 93.1 Å². The molecule has 0 bridgehead atoms. The number of hydrogen-bond acceptors (Lipinski definition) is 0. The van der Waals surface area contributed by atoms with E-state index in [1.807, 2.05) is 0 Å². The molecule has 0 amide bonds. The van der Waals surface area contributed by atoms with Crippen LogP contribution in [0.1, 0.15) is 0 Å². The van der Waals surface area contributed by atoms with Crippen LogP contribution in [0.4, 0.5) is 0 Å². The molecule has 0 N–H and O–H groups in total. The SMILES string of the molecule is c1ccc(-c2ccccc2B2c3cc4c(cc3-n3c5ccccc5c5cccc2c53)c2cccc3c5ccccc5n4c32)cc1. The van der Waals surface area contributed by atoms with E-state index in [1.54, 1.807) is 0 Å². The minimum Gasteiger partial charge on any atom is -0.310 e. The summed E-state index contributed by atoms with van der Waals surface area (Å²) in [6, 6.07) is 56.4. The first-order valence-electron chi connectivity index (χ1n) is 15.7. The molecule has 0 aliphatic carbocycles. The van der Waals surface area contributed by atoms with Gasteiger partial charge in [0.2, 0.25) is 6.71 Å². The second kappa shape index (κ2) is 8.43. The van der Waals surface area contributed by atoms with E-state index >= 15 is 0 Å². The molecule has 0 radical (unpaired) electrons. The zero-order chi connectivity index (χ0) is 29.2. The van der Waals surface area contributed by atoms with Crippen LogP contribution in [-0.4, -0.2) is 15.7 Å². The van der Waals surface area contributed by atoms with Gasteiger partial charge in [-0.3, -0.25) is 0 Å². The van der Waals surface area contributed by atoms with Gasteiger partial charge in [-0.2, -0.15) is 0 Å². The van der Waals surface area contributed by atoms with Crippen LogP contribution in [0.2, 0.25) is 0 Å². The standard InChI is InChI=1S/C42H25BN2/c1-2-12-26(13-3-1)27-14-4-7-20-34(27)43-35-21-11-19-31-29-16-6-9-23-38(29)45(42(31)35)40-24-33-32-18-10-17-30-28-15-5-8-22-37(28)44(41(30)32)39(33)25-36(40)43/h1-25H. The Hall–Kier alpha value is -5.80. The lowest BCUT2D eigenvalue weighted by atomic mass is 9.34. The van der Waals surface area contributed by atoms with Crippen molar-refractivity contribution in [1.82, 2.24) is 8.97 Å². The normalized spacial score (nSPS) is 12.8. The number of para-hydroxylation sites is 4. The van der Waals surface area contributed by atoms with Gasteiger partial charge in [0.15, 0.2) is 0 Å². The molecule has 3 aromatic heterocycles. The van der Waals surface area contributed by atoms with E-state index in [0.717, 1.165) is 0 Å². The summed E-state index contributed by atoms with van der Waals surface area (Å²) in [5.41, 5.74) is 14.3. The predicted molar refractivity (Wildman–Crippen MR) is 192 cm³/mol. The van der Waals surface area contributed by atoms with Crippen LogP contribution in [0.3, 0.4) is 0 Å². The van der Waals surface area contributed by atoms with Crippen molar-refractivity contribution >= 4 is 83.0 Å². The van der Waals surface area contributed by atoms with Gasteiger partial charge in [0.05, 0.1) is 22.1 Å². The molecule has 0 unspecified atom stereocenters. The maximum atomic E-state index is 2.54. The van der Waals surface area contributed by atoms with Gasteiger partial charge in [-0.25, -0.2) is 0 Å². The Morgan fingerprint density at radius 2 is 0.978 bits per heavy atom. The lowest BCUT2D eigenvalue weighted by molar-refractivity contribution is 1.19. The number of aromatic nitrogens is 2. The summed E-state index contributed by atoms with van der Waals surface area (Å²) < 4.78 is 5.06. The van der Waals surface area contributed by atoms with Crippen molar-refractivity contribution in [2.75, 3.05) is 0 Å². The highest BCUT2D eigenvalue weighted by Crippen LogP contribution is 2.41. The average Bonchev–Trinajstić information content (AvgIpc) is 3.74. The summed E-state index contributed by atoms with van der Waals surface area (Å²) in [4.78, 5) is 0. The van der Waals surface area contributed by atoms with E-state index in [0.29, 0.717) is 0 Å². The predicted octanol–water partition coefficient (Wildman–Crippen LogP) is 8.43. The van der Waals surface area contributed by atoms with Gasteiger partial charge in [-0.15, -0.1) is 0 Å². The molecule has 206 valence electrons. The van der Waals surface area contributed by atoms with Gasteiger partial charge in [0.25, 0.3) is 0 Å². The van der Waals surface area contributed by atoms with Gasteiger partial charge in [-0.05, 0) is 46.3 Å². The Kier molecular flexibility index (Phi) is 4.43. The Labute approximate surface area is 259 Å². The summed E-state index contributed by atoms with van der Waals surface area (Å²) in [5, 5.41) is 7.87. The first kappa shape index (κ1) is 23.6. The van der Waals surface area contributed by atoms with Crippen molar-refractivity contribution in [2.45, 2.75) is 0 Å². The molecule has 10 aromatic rings. The van der Waals surface area contributed by atoms with Gasteiger partial charge < -0.3 is 8.97 Å². The zero-order valence-electron chi connectivity index (χ0n) is 24.4. The van der Waals surface area contributed by atoms with Crippen molar-refractivity contribution in [1.29, 1.82) is 0 Å². The summed E-state index contributed by atoms with van der Waals surface area (Å²) in [6.07, 6.45) is 0. The van der Waals surface area contributed by atoms with Crippen LogP contribution in [0.15, 0.2) is 152 Å². The van der Waals surface area contributed by atoms with Crippen LogP contribution in [-0.2, 0) is 0 Å². The van der Waals surface area contributed by atoms with E-state index in [-0.39, 0.29) is 6.71 Å². The Morgan fingerprint density at radius 3 is 1.82 bits per heavy atom. The summed E-state index contributed by atoms with van der Waals surface area (Å²) in [5.74, 6) is 0. The average molecular weight is 568 g/mol. The van der Waals surface area contributed by atoms with Crippen molar-refractivity contribution in [3.63, 3.8) is 0 Å². The van der Waals surface area contributed by atoms with Crippen molar-refractivity contribution in [3.05, 3.63) is 152 Å². The van der Waals surface area contributed by atoms with Gasteiger partial charge in [-0.1, -0.05) is 133 Å². The molecule has 2 nitrogen and oxygen atoms in total. The molecular weight excluding hydrogens is 543 g/mol. The molecule has 45 heavy (non-hydrogen) atoms. The number of nitrogens with zero attached hydrogens (tertiary/aromatic N) is 2. The summed E-state index contributed by atoms with van der Waals surface area (Å²) in [7, 11) is 0. The molecular formula is C42H25BN2. The van der Waals surface area contributed by atoms with Gasteiger partial charge >= 0.3 is 0 Å². The second-order valence-electron chi connectivity index (χ2n) is 12.5. The molecule has 1 aliphatic rings. The zero-order valence-corrected chi connectivity index (χ0v) is 24.4. The monoisotopic (exact) mass is 568 g/mol. The molecule has 7 aromatic carbocycles. The third kappa shape index (κ3) is 2.91. The lowest BCUT2D eigenvalue weighted by Gasteiger charge is -2.28. The minimum atomic E-state index is 0.0725. The van der Waals surface area contributed by atoms with Crippen LogP contribution < -0.4 is 16.4 Å². The third-order valence-corrected chi connectivity index (χ3v) is 10.3. The Morgan fingerprint density at radius 1 is 0.378 bits per heavy atom. The molecule has 4 heterocycles.